The molecule has 2 unspecified atom stereocenters. The summed E-state index contributed by atoms with van der Waals surface area (Å²) in [6.45, 7) is 0.201. The zero-order valence-corrected chi connectivity index (χ0v) is 8.52. The van der Waals surface area contributed by atoms with Gasteiger partial charge in [-0.05, 0) is 37.0 Å². The van der Waals surface area contributed by atoms with E-state index in [-0.39, 0.29) is 12.0 Å². The molecule has 0 aromatic heterocycles. The standard InChI is InChI=1S/C9H16O3S/c10-4-2-8-6-9(8)3-1-5-13(11,12)7-9/h8,10H,1-7H2. The van der Waals surface area contributed by atoms with Crippen molar-refractivity contribution in [1.29, 1.82) is 0 Å². The molecule has 1 spiro atoms. The average molecular weight is 204 g/mol. The highest BCUT2D eigenvalue weighted by molar-refractivity contribution is 7.91. The zero-order chi connectivity index (χ0) is 9.53. The van der Waals surface area contributed by atoms with Crippen molar-refractivity contribution in [3.8, 4) is 0 Å². The first-order chi connectivity index (χ1) is 6.08. The lowest BCUT2D eigenvalue weighted by Gasteiger charge is -2.22. The van der Waals surface area contributed by atoms with E-state index in [1.165, 1.54) is 0 Å². The molecule has 2 aliphatic rings. The van der Waals surface area contributed by atoms with Crippen LogP contribution in [0.25, 0.3) is 0 Å². The van der Waals surface area contributed by atoms with Gasteiger partial charge in [-0.15, -0.1) is 0 Å². The van der Waals surface area contributed by atoms with Crippen molar-refractivity contribution in [3.63, 3.8) is 0 Å². The summed E-state index contributed by atoms with van der Waals surface area (Å²) in [5, 5.41) is 8.77. The smallest absolute Gasteiger partial charge is 0.150 e. The highest BCUT2D eigenvalue weighted by Gasteiger charge is 2.56. The summed E-state index contributed by atoms with van der Waals surface area (Å²) < 4.78 is 22.8. The molecule has 1 saturated carbocycles. The van der Waals surface area contributed by atoms with Crippen LogP contribution in [-0.4, -0.2) is 31.6 Å². The Kier molecular flexibility index (Phi) is 2.15. The lowest BCUT2D eigenvalue weighted by molar-refractivity contribution is 0.267. The van der Waals surface area contributed by atoms with Gasteiger partial charge in [-0.1, -0.05) is 0 Å². The molecular formula is C9H16O3S. The highest BCUT2D eigenvalue weighted by atomic mass is 32.2. The molecule has 3 nitrogen and oxygen atoms in total. The first-order valence-electron chi connectivity index (χ1n) is 4.89. The Hall–Kier alpha value is -0.0900. The Morgan fingerprint density at radius 3 is 2.85 bits per heavy atom. The van der Waals surface area contributed by atoms with Crippen molar-refractivity contribution >= 4 is 9.84 Å². The third-order valence-corrected chi connectivity index (χ3v) is 5.40. The zero-order valence-electron chi connectivity index (χ0n) is 7.70. The fraction of sp³-hybridized carbons (Fsp3) is 1.00. The normalized spacial score (nSPS) is 42.1. The largest absolute Gasteiger partial charge is 0.396 e. The molecule has 13 heavy (non-hydrogen) atoms. The first-order valence-corrected chi connectivity index (χ1v) is 6.71. The Morgan fingerprint density at radius 2 is 2.23 bits per heavy atom. The molecule has 1 heterocycles. The minimum absolute atomic E-state index is 0.0831. The Labute approximate surface area is 79.1 Å². The molecule has 1 aliphatic carbocycles. The van der Waals surface area contributed by atoms with Crippen LogP contribution in [0.3, 0.4) is 0 Å². The van der Waals surface area contributed by atoms with Crippen LogP contribution < -0.4 is 0 Å². The monoisotopic (exact) mass is 204 g/mol. The van der Waals surface area contributed by atoms with E-state index in [0.717, 1.165) is 25.7 Å². The minimum atomic E-state index is -2.76. The van der Waals surface area contributed by atoms with Crippen molar-refractivity contribution in [2.75, 3.05) is 18.1 Å². The third kappa shape index (κ3) is 1.74. The summed E-state index contributed by atoms with van der Waals surface area (Å²) in [6.07, 6.45) is 3.68. The number of hydrogen-bond donors (Lipinski definition) is 1. The Balaban J connectivity index is 2.03. The summed E-state index contributed by atoms with van der Waals surface area (Å²) in [4.78, 5) is 0. The second-order valence-corrected chi connectivity index (χ2v) is 6.66. The predicted octanol–water partition coefficient (Wildman–Crippen LogP) is 0.584. The molecule has 0 amide bonds. The van der Waals surface area contributed by atoms with Gasteiger partial charge in [0, 0.05) is 6.61 Å². The van der Waals surface area contributed by atoms with Gasteiger partial charge in [-0.25, -0.2) is 8.42 Å². The Bertz CT molecular complexity index is 296. The van der Waals surface area contributed by atoms with Gasteiger partial charge in [-0.3, -0.25) is 0 Å². The molecule has 0 aromatic carbocycles. The third-order valence-electron chi connectivity index (χ3n) is 3.47. The van der Waals surface area contributed by atoms with E-state index in [4.69, 9.17) is 5.11 Å². The van der Waals surface area contributed by atoms with Crippen LogP contribution in [0, 0.1) is 11.3 Å². The van der Waals surface area contributed by atoms with Gasteiger partial charge in [0.1, 0.15) is 0 Å². The summed E-state index contributed by atoms with van der Waals surface area (Å²) in [6, 6.07) is 0. The maximum atomic E-state index is 11.4. The molecule has 4 heteroatoms. The van der Waals surface area contributed by atoms with Gasteiger partial charge < -0.3 is 5.11 Å². The Morgan fingerprint density at radius 1 is 1.46 bits per heavy atom. The summed E-state index contributed by atoms with van der Waals surface area (Å²) >= 11 is 0. The van der Waals surface area contributed by atoms with Gasteiger partial charge in [0.05, 0.1) is 11.5 Å². The van der Waals surface area contributed by atoms with E-state index in [9.17, 15) is 8.42 Å². The summed E-state index contributed by atoms with van der Waals surface area (Å²) in [5.41, 5.74) is 0.0831. The van der Waals surface area contributed by atoms with Gasteiger partial charge in [-0.2, -0.15) is 0 Å². The van der Waals surface area contributed by atoms with E-state index in [1.54, 1.807) is 0 Å². The fourth-order valence-corrected chi connectivity index (χ4v) is 4.81. The predicted molar refractivity (Wildman–Crippen MR) is 50.1 cm³/mol. The average Bonchev–Trinajstić information content (AvgIpc) is 2.61. The molecule has 0 aromatic rings. The number of aliphatic hydroxyl groups excluding tert-OH is 1. The number of aliphatic hydroxyl groups is 1. The maximum absolute atomic E-state index is 11.4. The summed E-state index contributed by atoms with van der Waals surface area (Å²) in [7, 11) is -2.76. The highest BCUT2D eigenvalue weighted by Crippen LogP contribution is 2.59. The number of hydrogen-bond acceptors (Lipinski definition) is 3. The first kappa shape index (κ1) is 9.46. The van der Waals surface area contributed by atoms with Crippen LogP contribution in [-0.2, 0) is 9.84 Å². The molecule has 2 rings (SSSR count). The van der Waals surface area contributed by atoms with Gasteiger partial charge >= 0.3 is 0 Å². The number of rotatable bonds is 2. The van der Waals surface area contributed by atoms with Crippen LogP contribution in [0.5, 0.6) is 0 Å². The van der Waals surface area contributed by atoms with Gasteiger partial charge in [0.2, 0.25) is 0 Å². The second kappa shape index (κ2) is 2.95. The molecule has 1 saturated heterocycles. The van der Waals surface area contributed by atoms with E-state index < -0.39 is 9.84 Å². The van der Waals surface area contributed by atoms with Crippen LogP contribution in [0.4, 0.5) is 0 Å². The summed E-state index contributed by atoms with van der Waals surface area (Å²) in [5.74, 6) is 1.23. The number of sulfone groups is 1. The van der Waals surface area contributed by atoms with Gasteiger partial charge in [0.25, 0.3) is 0 Å². The van der Waals surface area contributed by atoms with E-state index in [0.29, 0.717) is 17.4 Å². The minimum Gasteiger partial charge on any atom is -0.396 e. The fourth-order valence-electron chi connectivity index (χ4n) is 2.71. The topological polar surface area (TPSA) is 54.4 Å². The maximum Gasteiger partial charge on any atom is 0.150 e. The van der Waals surface area contributed by atoms with Crippen molar-refractivity contribution in [1.82, 2.24) is 0 Å². The van der Waals surface area contributed by atoms with E-state index in [2.05, 4.69) is 0 Å². The van der Waals surface area contributed by atoms with Crippen molar-refractivity contribution in [3.05, 3.63) is 0 Å². The van der Waals surface area contributed by atoms with Crippen LogP contribution in [0.2, 0.25) is 0 Å². The van der Waals surface area contributed by atoms with Crippen molar-refractivity contribution in [2.45, 2.75) is 25.7 Å². The molecule has 0 radical (unpaired) electrons. The lowest BCUT2D eigenvalue weighted by atomic mass is 9.98. The lowest BCUT2D eigenvalue weighted by Crippen LogP contribution is -2.27. The van der Waals surface area contributed by atoms with Crippen LogP contribution in [0.1, 0.15) is 25.7 Å². The van der Waals surface area contributed by atoms with Gasteiger partial charge in [0.15, 0.2) is 9.84 Å². The van der Waals surface area contributed by atoms with Crippen LogP contribution >= 0.6 is 0 Å². The van der Waals surface area contributed by atoms with Crippen molar-refractivity contribution in [2.24, 2.45) is 11.3 Å². The van der Waals surface area contributed by atoms with E-state index >= 15 is 0 Å². The molecule has 1 aliphatic heterocycles. The molecule has 2 fully saturated rings. The second-order valence-electron chi connectivity index (χ2n) is 4.47. The SMILES string of the molecule is O=S1(=O)CCCC2(CC2CCO)C1. The molecular weight excluding hydrogens is 188 g/mol. The molecule has 76 valence electrons. The van der Waals surface area contributed by atoms with Crippen molar-refractivity contribution < 1.29 is 13.5 Å². The van der Waals surface area contributed by atoms with Crippen LogP contribution in [0.15, 0.2) is 0 Å². The molecule has 0 bridgehead atoms. The quantitative estimate of drug-likeness (QED) is 0.716. The molecule has 2 atom stereocenters. The molecule has 1 N–H and O–H groups in total. The van der Waals surface area contributed by atoms with E-state index in [1.807, 2.05) is 0 Å².